The number of para-hydroxylation sites is 1. The van der Waals surface area contributed by atoms with Crippen LogP contribution in [0.15, 0.2) is 72.9 Å². The average molecular weight is 331 g/mol. The van der Waals surface area contributed by atoms with Crippen molar-refractivity contribution in [2.45, 2.75) is 13.0 Å². The number of anilines is 1. The van der Waals surface area contributed by atoms with Crippen LogP contribution in [0.3, 0.4) is 0 Å². The number of hydrogen-bond acceptors (Lipinski definition) is 2. The van der Waals surface area contributed by atoms with Crippen LogP contribution < -0.4 is 5.32 Å². The molecule has 124 valence electrons. The van der Waals surface area contributed by atoms with Gasteiger partial charge in [-0.15, -0.1) is 0 Å². The first kappa shape index (κ1) is 15.4. The van der Waals surface area contributed by atoms with Crippen molar-refractivity contribution in [2.75, 3.05) is 5.32 Å². The van der Waals surface area contributed by atoms with Crippen molar-refractivity contribution < 1.29 is 4.39 Å². The minimum Gasteiger partial charge on any atom is -0.359 e. The Labute approximate surface area is 145 Å². The van der Waals surface area contributed by atoms with E-state index >= 15 is 0 Å². The van der Waals surface area contributed by atoms with Gasteiger partial charge in [0.05, 0.1) is 6.04 Å². The largest absolute Gasteiger partial charge is 0.359 e. The topological polar surface area (TPSA) is 40.7 Å². The molecule has 0 unspecified atom stereocenters. The highest BCUT2D eigenvalue weighted by molar-refractivity contribution is 5.86. The lowest BCUT2D eigenvalue weighted by molar-refractivity contribution is 0.604. The highest BCUT2D eigenvalue weighted by Crippen LogP contribution is 2.35. The van der Waals surface area contributed by atoms with Crippen molar-refractivity contribution in [3.05, 3.63) is 95.6 Å². The fourth-order valence-corrected chi connectivity index (χ4v) is 3.28. The number of nitrogens with zero attached hydrogens (tertiary/aromatic N) is 1. The maximum absolute atomic E-state index is 14.6. The summed E-state index contributed by atoms with van der Waals surface area (Å²) in [6.07, 6.45) is 1.73. The zero-order valence-electron chi connectivity index (χ0n) is 13.8. The number of aromatic nitrogens is 2. The van der Waals surface area contributed by atoms with Gasteiger partial charge >= 0.3 is 0 Å². The van der Waals surface area contributed by atoms with Gasteiger partial charge in [-0.25, -0.2) is 9.37 Å². The maximum Gasteiger partial charge on any atom is 0.128 e. The summed E-state index contributed by atoms with van der Waals surface area (Å²) in [7, 11) is 0. The molecule has 0 aliphatic heterocycles. The molecule has 4 aromatic rings. The molecule has 0 bridgehead atoms. The number of aryl methyl sites for hydroxylation is 1. The van der Waals surface area contributed by atoms with E-state index in [1.807, 2.05) is 55.5 Å². The van der Waals surface area contributed by atoms with Crippen molar-refractivity contribution in [1.82, 2.24) is 9.97 Å². The highest BCUT2D eigenvalue weighted by atomic mass is 19.1. The SMILES string of the molecule is Cc1[nH]c2ccccc2c1[C@@H](Nc1ccccn1)c1ccccc1F. The van der Waals surface area contributed by atoms with Crippen molar-refractivity contribution in [3.63, 3.8) is 0 Å². The molecule has 0 aliphatic rings. The minimum absolute atomic E-state index is 0.236. The molecule has 0 fully saturated rings. The van der Waals surface area contributed by atoms with E-state index in [-0.39, 0.29) is 11.9 Å². The van der Waals surface area contributed by atoms with Crippen LogP contribution in [0.5, 0.6) is 0 Å². The Balaban J connectivity index is 1.91. The Morgan fingerprint density at radius 3 is 2.52 bits per heavy atom. The Morgan fingerprint density at radius 1 is 0.960 bits per heavy atom. The van der Waals surface area contributed by atoms with E-state index in [0.717, 1.165) is 22.2 Å². The molecule has 0 aliphatic carbocycles. The first-order valence-corrected chi connectivity index (χ1v) is 8.23. The van der Waals surface area contributed by atoms with Gasteiger partial charge in [-0.2, -0.15) is 0 Å². The molecule has 0 saturated heterocycles. The number of aromatic amines is 1. The smallest absolute Gasteiger partial charge is 0.128 e. The second-order valence-corrected chi connectivity index (χ2v) is 6.02. The van der Waals surface area contributed by atoms with Crippen molar-refractivity contribution in [2.24, 2.45) is 0 Å². The fraction of sp³-hybridized carbons (Fsp3) is 0.0952. The first-order valence-electron chi connectivity index (χ1n) is 8.23. The molecule has 2 aromatic carbocycles. The van der Waals surface area contributed by atoms with Crippen LogP contribution in [-0.4, -0.2) is 9.97 Å². The summed E-state index contributed by atoms with van der Waals surface area (Å²) < 4.78 is 14.6. The molecule has 2 heterocycles. The number of hydrogen-bond donors (Lipinski definition) is 2. The molecule has 0 amide bonds. The van der Waals surface area contributed by atoms with Gasteiger partial charge in [0.2, 0.25) is 0 Å². The second kappa shape index (κ2) is 6.40. The van der Waals surface area contributed by atoms with Gasteiger partial charge in [-0.1, -0.05) is 42.5 Å². The van der Waals surface area contributed by atoms with Gasteiger partial charge in [-0.3, -0.25) is 0 Å². The van der Waals surface area contributed by atoms with Crippen LogP contribution in [-0.2, 0) is 0 Å². The first-order chi connectivity index (χ1) is 12.2. The van der Waals surface area contributed by atoms with Crippen molar-refractivity contribution in [3.8, 4) is 0 Å². The molecular formula is C21H18FN3. The number of rotatable bonds is 4. The van der Waals surface area contributed by atoms with Gasteiger partial charge in [0.1, 0.15) is 11.6 Å². The molecule has 1 atom stereocenters. The standard InChI is InChI=1S/C21H18FN3/c1-14-20(16-9-3-5-11-18(16)24-14)21(15-8-2-4-10-17(15)22)25-19-12-6-7-13-23-19/h2-13,21,24H,1H3,(H,23,25)/t21-/m0/s1. The van der Waals surface area contributed by atoms with Crippen LogP contribution >= 0.6 is 0 Å². The summed E-state index contributed by atoms with van der Waals surface area (Å²) in [6.45, 7) is 2.02. The van der Waals surface area contributed by atoms with Crippen molar-refractivity contribution in [1.29, 1.82) is 0 Å². The summed E-state index contributed by atoms with van der Waals surface area (Å²) in [4.78, 5) is 7.75. The summed E-state index contributed by atoms with van der Waals surface area (Å²) >= 11 is 0. The minimum atomic E-state index is -0.341. The number of pyridine rings is 1. The average Bonchev–Trinajstić information content (AvgIpc) is 2.97. The number of nitrogens with one attached hydrogen (secondary N) is 2. The molecule has 3 nitrogen and oxygen atoms in total. The normalized spacial score (nSPS) is 12.2. The van der Waals surface area contributed by atoms with Crippen LogP contribution in [0.2, 0.25) is 0 Å². The molecule has 0 radical (unpaired) electrons. The maximum atomic E-state index is 14.6. The van der Waals surface area contributed by atoms with Crippen molar-refractivity contribution >= 4 is 16.7 Å². The molecule has 4 rings (SSSR count). The molecular weight excluding hydrogens is 313 g/mol. The van der Waals surface area contributed by atoms with Gasteiger partial charge in [0.15, 0.2) is 0 Å². The molecule has 4 heteroatoms. The number of benzene rings is 2. The summed E-state index contributed by atoms with van der Waals surface area (Å²) in [6, 6.07) is 20.3. The second-order valence-electron chi connectivity index (χ2n) is 6.02. The summed E-state index contributed by atoms with van der Waals surface area (Å²) in [5.41, 5.74) is 3.68. The van der Waals surface area contributed by atoms with E-state index in [4.69, 9.17) is 0 Å². The molecule has 0 spiro atoms. The van der Waals surface area contributed by atoms with Gasteiger partial charge in [-0.05, 0) is 31.2 Å². The van der Waals surface area contributed by atoms with Gasteiger partial charge in [0.25, 0.3) is 0 Å². The number of halogens is 1. The predicted molar refractivity (Wildman–Crippen MR) is 99.1 cm³/mol. The fourth-order valence-electron chi connectivity index (χ4n) is 3.28. The van der Waals surface area contributed by atoms with E-state index in [2.05, 4.69) is 21.4 Å². The van der Waals surface area contributed by atoms with Gasteiger partial charge < -0.3 is 10.3 Å². The van der Waals surface area contributed by atoms with E-state index < -0.39 is 0 Å². The van der Waals surface area contributed by atoms with E-state index in [0.29, 0.717) is 11.4 Å². The van der Waals surface area contributed by atoms with Crippen LogP contribution in [0.1, 0.15) is 22.9 Å². The third kappa shape index (κ3) is 2.87. The van der Waals surface area contributed by atoms with E-state index in [1.165, 1.54) is 6.07 Å². The Bertz CT molecular complexity index is 1010. The molecule has 25 heavy (non-hydrogen) atoms. The lowest BCUT2D eigenvalue weighted by Crippen LogP contribution is -2.15. The number of H-pyrrole nitrogens is 1. The van der Waals surface area contributed by atoms with Crippen LogP contribution in [0, 0.1) is 12.7 Å². The third-order valence-electron chi connectivity index (χ3n) is 4.41. The zero-order valence-corrected chi connectivity index (χ0v) is 13.8. The predicted octanol–water partition coefficient (Wildman–Crippen LogP) is 5.21. The van der Waals surface area contributed by atoms with Crippen LogP contribution in [0.25, 0.3) is 10.9 Å². The van der Waals surface area contributed by atoms with E-state index in [9.17, 15) is 4.39 Å². The van der Waals surface area contributed by atoms with Crippen LogP contribution in [0.4, 0.5) is 10.2 Å². The number of fused-ring (bicyclic) bond motifs is 1. The summed E-state index contributed by atoms with van der Waals surface area (Å²) in [5.74, 6) is 0.473. The zero-order chi connectivity index (χ0) is 17.2. The highest BCUT2D eigenvalue weighted by Gasteiger charge is 2.23. The summed E-state index contributed by atoms with van der Waals surface area (Å²) in [5, 5.41) is 4.48. The molecule has 0 saturated carbocycles. The molecule has 2 aromatic heterocycles. The van der Waals surface area contributed by atoms with E-state index in [1.54, 1.807) is 12.3 Å². The lowest BCUT2D eigenvalue weighted by atomic mass is 9.95. The third-order valence-corrected chi connectivity index (χ3v) is 4.41. The Kier molecular flexibility index (Phi) is 3.94. The van der Waals surface area contributed by atoms with Gasteiger partial charge in [0, 0.05) is 33.9 Å². The Morgan fingerprint density at radius 2 is 1.72 bits per heavy atom. The quantitative estimate of drug-likeness (QED) is 0.539. The lowest BCUT2D eigenvalue weighted by Gasteiger charge is -2.21. The monoisotopic (exact) mass is 331 g/mol. The molecule has 2 N–H and O–H groups in total. The Hall–Kier alpha value is -3.14.